The largest absolute Gasteiger partial charge is 0.478 e. The number of carbonyl (C=O) groups is 1. The zero-order valence-electron chi connectivity index (χ0n) is 13.1. The lowest BCUT2D eigenvalue weighted by molar-refractivity contribution is 0.0697. The van der Waals surface area contributed by atoms with E-state index in [9.17, 15) is 4.79 Å². The molecule has 0 amide bonds. The number of carboxylic acid groups (broad SMARTS) is 1. The summed E-state index contributed by atoms with van der Waals surface area (Å²) in [6.07, 6.45) is 0. The minimum absolute atomic E-state index is 0.249. The molecule has 4 nitrogen and oxygen atoms in total. The van der Waals surface area contributed by atoms with Gasteiger partial charge in [-0.25, -0.2) is 4.79 Å². The molecule has 24 heavy (non-hydrogen) atoms. The van der Waals surface area contributed by atoms with E-state index < -0.39 is 5.97 Å². The number of hydrogen-bond acceptors (Lipinski definition) is 4. The summed E-state index contributed by atoms with van der Waals surface area (Å²) >= 11 is 7.75. The number of thiophene rings is 1. The Hall–Kier alpha value is -2.37. The molecule has 0 spiro atoms. The van der Waals surface area contributed by atoms with Crippen LogP contribution in [0.4, 0.5) is 5.69 Å². The van der Waals surface area contributed by atoms with Crippen LogP contribution in [0.15, 0.2) is 47.6 Å². The van der Waals surface area contributed by atoms with Crippen LogP contribution in [0.1, 0.15) is 27.7 Å². The van der Waals surface area contributed by atoms with Gasteiger partial charge in [-0.1, -0.05) is 11.6 Å². The maximum absolute atomic E-state index is 10.9. The summed E-state index contributed by atoms with van der Waals surface area (Å²) in [4.78, 5) is 12.0. The molecule has 0 fully saturated rings. The van der Waals surface area contributed by atoms with E-state index in [2.05, 4.69) is 17.5 Å². The van der Waals surface area contributed by atoms with Crippen molar-refractivity contribution in [3.63, 3.8) is 0 Å². The lowest BCUT2D eigenvalue weighted by Crippen LogP contribution is -2.00. The first-order valence-corrected chi connectivity index (χ1v) is 8.48. The Balaban J connectivity index is 1.85. The first-order chi connectivity index (χ1) is 11.5. The van der Waals surface area contributed by atoms with Gasteiger partial charge in [0, 0.05) is 9.72 Å². The summed E-state index contributed by atoms with van der Waals surface area (Å²) in [7, 11) is 0. The average Bonchev–Trinajstić information content (AvgIpc) is 2.89. The molecule has 2 aromatic carbocycles. The third kappa shape index (κ3) is 3.27. The standard InChI is InChI=1S/C18H15ClN2O2S/c1-10-15-9-13(19)5-8-16(15)24-17(10)11(2)20-21-14-6-3-12(4-7-14)18(22)23/h3-9,21H,1-2H3,(H,22,23)/b20-11-. The molecule has 1 heterocycles. The molecule has 3 rings (SSSR count). The van der Waals surface area contributed by atoms with Crippen molar-refractivity contribution in [3.8, 4) is 0 Å². The number of benzene rings is 2. The molecule has 1 aromatic heterocycles. The van der Waals surface area contributed by atoms with Gasteiger partial charge in [0.2, 0.25) is 0 Å². The van der Waals surface area contributed by atoms with Gasteiger partial charge in [0.1, 0.15) is 0 Å². The molecule has 0 aliphatic heterocycles. The monoisotopic (exact) mass is 358 g/mol. The fourth-order valence-electron chi connectivity index (χ4n) is 2.42. The van der Waals surface area contributed by atoms with E-state index >= 15 is 0 Å². The number of aryl methyl sites for hydroxylation is 1. The number of halogens is 1. The van der Waals surface area contributed by atoms with E-state index in [1.165, 1.54) is 4.70 Å². The number of hydrogen-bond donors (Lipinski definition) is 2. The van der Waals surface area contributed by atoms with Crippen LogP contribution in [0.2, 0.25) is 5.02 Å². The maximum atomic E-state index is 10.9. The zero-order chi connectivity index (χ0) is 17.3. The van der Waals surface area contributed by atoms with Gasteiger partial charge in [0.15, 0.2) is 0 Å². The second kappa shape index (κ2) is 6.63. The van der Waals surface area contributed by atoms with Crippen LogP contribution in [0.3, 0.4) is 0 Å². The molecule has 0 aliphatic rings. The molecule has 0 unspecified atom stereocenters. The minimum Gasteiger partial charge on any atom is -0.478 e. The van der Waals surface area contributed by atoms with Crippen LogP contribution < -0.4 is 5.43 Å². The first kappa shape index (κ1) is 16.5. The Labute approximate surface area is 148 Å². The van der Waals surface area contributed by atoms with E-state index in [-0.39, 0.29) is 5.56 Å². The number of rotatable bonds is 4. The average molecular weight is 359 g/mol. The van der Waals surface area contributed by atoms with Crippen LogP contribution in [-0.2, 0) is 0 Å². The summed E-state index contributed by atoms with van der Waals surface area (Å²) in [5.41, 5.74) is 5.98. The predicted octanol–water partition coefficient (Wildman–Crippen LogP) is 5.40. The van der Waals surface area contributed by atoms with Gasteiger partial charge < -0.3 is 5.11 Å². The van der Waals surface area contributed by atoms with Gasteiger partial charge in [0.05, 0.1) is 21.8 Å². The topological polar surface area (TPSA) is 61.7 Å². The van der Waals surface area contributed by atoms with Gasteiger partial charge in [-0.15, -0.1) is 11.3 Å². The van der Waals surface area contributed by atoms with Crippen molar-refractivity contribution in [2.75, 3.05) is 5.43 Å². The Morgan fingerprint density at radius 1 is 1.21 bits per heavy atom. The van der Waals surface area contributed by atoms with Crippen molar-refractivity contribution >= 4 is 50.4 Å². The number of hydrazone groups is 1. The third-order valence-electron chi connectivity index (χ3n) is 3.71. The zero-order valence-corrected chi connectivity index (χ0v) is 14.7. The van der Waals surface area contributed by atoms with Crippen LogP contribution >= 0.6 is 22.9 Å². The molecule has 0 bridgehead atoms. The maximum Gasteiger partial charge on any atom is 0.335 e. The molecule has 0 radical (unpaired) electrons. The molecule has 0 atom stereocenters. The number of carboxylic acids is 1. The van der Waals surface area contributed by atoms with Crippen LogP contribution in [0.25, 0.3) is 10.1 Å². The Bertz CT molecular complexity index is 946. The van der Waals surface area contributed by atoms with Crippen LogP contribution in [0, 0.1) is 6.92 Å². The minimum atomic E-state index is -0.944. The van der Waals surface area contributed by atoms with Crippen LogP contribution in [0.5, 0.6) is 0 Å². The quantitative estimate of drug-likeness (QED) is 0.485. The van der Waals surface area contributed by atoms with E-state index in [0.717, 1.165) is 32.2 Å². The van der Waals surface area contributed by atoms with E-state index in [1.807, 2.05) is 25.1 Å². The summed E-state index contributed by atoms with van der Waals surface area (Å²) in [5.74, 6) is -0.944. The fourth-order valence-corrected chi connectivity index (χ4v) is 3.73. The molecular formula is C18H15ClN2O2S. The van der Waals surface area contributed by atoms with Gasteiger partial charge in [-0.2, -0.15) is 5.10 Å². The van der Waals surface area contributed by atoms with Crippen molar-refractivity contribution in [1.82, 2.24) is 0 Å². The molecule has 0 aliphatic carbocycles. The molecular weight excluding hydrogens is 344 g/mol. The number of nitrogens with zero attached hydrogens (tertiary/aromatic N) is 1. The highest BCUT2D eigenvalue weighted by atomic mass is 35.5. The fraction of sp³-hybridized carbons (Fsp3) is 0.111. The van der Waals surface area contributed by atoms with Crippen molar-refractivity contribution < 1.29 is 9.90 Å². The summed E-state index contributed by atoms with van der Waals surface area (Å²) in [6, 6.07) is 12.3. The van der Waals surface area contributed by atoms with E-state index in [4.69, 9.17) is 16.7 Å². The van der Waals surface area contributed by atoms with Crippen molar-refractivity contribution in [2.24, 2.45) is 5.10 Å². The predicted molar refractivity (Wildman–Crippen MR) is 101 cm³/mol. The Morgan fingerprint density at radius 2 is 1.92 bits per heavy atom. The molecule has 122 valence electrons. The van der Waals surface area contributed by atoms with Gasteiger partial charge in [-0.3, -0.25) is 5.43 Å². The molecule has 0 saturated heterocycles. The highest BCUT2D eigenvalue weighted by Crippen LogP contribution is 2.33. The van der Waals surface area contributed by atoms with E-state index in [0.29, 0.717) is 0 Å². The second-order valence-electron chi connectivity index (χ2n) is 5.39. The first-order valence-electron chi connectivity index (χ1n) is 7.28. The number of nitrogens with one attached hydrogen (secondary N) is 1. The highest BCUT2D eigenvalue weighted by molar-refractivity contribution is 7.21. The van der Waals surface area contributed by atoms with E-state index in [1.54, 1.807) is 35.6 Å². The van der Waals surface area contributed by atoms with Crippen molar-refractivity contribution in [3.05, 3.63) is 63.5 Å². The second-order valence-corrected chi connectivity index (χ2v) is 6.88. The van der Waals surface area contributed by atoms with Gasteiger partial charge in [-0.05, 0) is 67.3 Å². The lowest BCUT2D eigenvalue weighted by atomic mass is 10.1. The molecule has 6 heteroatoms. The number of aromatic carboxylic acids is 1. The molecule has 2 N–H and O–H groups in total. The summed E-state index contributed by atoms with van der Waals surface area (Å²) < 4.78 is 1.17. The number of fused-ring (bicyclic) bond motifs is 1. The Morgan fingerprint density at radius 3 is 2.58 bits per heavy atom. The lowest BCUT2D eigenvalue weighted by Gasteiger charge is -2.03. The van der Waals surface area contributed by atoms with Crippen molar-refractivity contribution in [2.45, 2.75) is 13.8 Å². The normalized spacial score (nSPS) is 11.7. The highest BCUT2D eigenvalue weighted by Gasteiger charge is 2.11. The van der Waals surface area contributed by atoms with Gasteiger partial charge >= 0.3 is 5.97 Å². The van der Waals surface area contributed by atoms with Crippen LogP contribution in [-0.4, -0.2) is 16.8 Å². The number of anilines is 1. The van der Waals surface area contributed by atoms with Gasteiger partial charge in [0.25, 0.3) is 0 Å². The van der Waals surface area contributed by atoms with Crippen molar-refractivity contribution in [1.29, 1.82) is 0 Å². The summed E-state index contributed by atoms with van der Waals surface area (Å²) in [5, 5.41) is 15.2. The smallest absolute Gasteiger partial charge is 0.335 e. The molecule has 3 aromatic rings. The molecule has 0 saturated carbocycles. The third-order valence-corrected chi connectivity index (χ3v) is 5.33. The Kier molecular flexibility index (Phi) is 4.55. The SMILES string of the molecule is C/C(=N/Nc1ccc(C(=O)O)cc1)c1sc2ccc(Cl)cc2c1C. The summed E-state index contributed by atoms with van der Waals surface area (Å²) in [6.45, 7) is 4.00.